The molecule has 114 valence electrons. The molecule has 1 aliphatic rings. The van der Waals surface area contributed by atoms with Gasteiger partial charge in [0.25, 0.3) is 5.69 Å². The van der Waals surface area contributed by atoms with E-state index in [2.05, 4.69) is 5.32 Å². The molecule has 0 bridgehead atoms. The van der Waals surface area contributed by atoms with E-state index in [-0.39, 0.29) is 18.2 Å². The smallest absolute Gasteiger partial charge is 0.294 e. The standard InChI is InChI=1S/C14H19N3O4/c1-14(2,8-18)16(3)11-6-9-4-5-13(19)15-10(9)7-12(11)17(20)21/h6-7,18H,4-5,8H2,1-3H3,(H,15,19). The van der Waals surface area contributed by atoms with Crippen molar-refractivity contribution in [2.24, 2.45) is 0 Å². The number of amides is 1. The van der Waals surface area contributed by atoms with Gasteiger partial charge in [-0.25, -0.2) is 0 Å². The number of nitrogens with zero attached hydrogens (tertiary/aromatic N) is 2. The van der Waals surface area contributed by atoms with Gasteiger partial charge in [-0.3, -0.25) is 14.9 Å². The third-order valence-corrected chi connectivity index (χ3v) is 3.95. The molecule has 0 atom stereocenters. The van der Waals surface area contributed by atoms with Crippen LogP contribution in [0.2, 0.25) is 0 Å². The largest absolute Gasteiger partial charge is 0.394 e. The minimum Gasteiger partial charge on any atom is -0.394 e. The summed E-state index contributed by atoms with van der Waals surface area (Å²) in [6, 6.07) is 3.12. The number of carbonyl (C=O) groups excluding carboxylic acids is 1. The van der Waals surface area contributed by atoms with E-state index in [0.717, 1.165) is 5.56 Å². The van der Waals surface area contributed by atoms with Gasteiger partial charge in [-0.2, -0.15) is 0 Å². The van der Waals surface area contributed by atoms with Crippen molar-refractivity contribution in [2.75, 3.05) is 23.9 Å². The number of fused-ring (bicyclic) bond motifs is 1. The number of nitro benzene ring substituents is 1. The van der Waals surface area contributed by atoms with E-state index in [1.54, 1.807) is 31.9 Å². The number of nitrogens with one attached hydrogen (secondary N) is 1. The summed E-state index contributed by atoms with van der Waals surface area (Å²) in [6.07, 6.45) is 0.927. The number of likely N-dealkylation sites (N-methyl/N-ethyl adjacent to an activating group) is 1. The van der Waals surface area contributed by atoms with E-state index in [9.17, 15) is 20.0 Å². The Morgan fingerprint density at radius 1 is 1.43 bits per heavy atom. The van der Waals surface area contributed by atoms with E-state index in [1.165, 1.54) is 6.07 Å². The second kappa shape index (κ2) is 5.33. The second-order valence-electron chi connectivity index (χ2n) is 5.83. The van der Waals surface area contributed by atoms with Gasteiger partial charge in [0, 0.05) is 19.5 Å². The summed E-state index contributed by atoms with van der Waals surface area (Å²) in [5.74, 6) is -0.131. The molecule has 1 aromatic carbocycles. The van der Waals surface area contributed by atoms with Crippen LogP contribution in [0.25, 0.3) is 0 Å². The third kappa shape index (κ3) is 2.82. The van der Waals surface area contributed by atoms with Crippen LogP contribution in [0.15, 0.2) is 12.1 Å². The van der Waals surface area contributed by atoms with Gasteiger partial charge < -0.3 is 15.3 Å². The van der Waals surface area contributed by atoms with Crippen LogP contribution in [0.5, 0.6) is 0 Å². The monoisotopic (exact) mass is 293 g/mol. The second-order valence-corrected chi connectivity index (χ2v) is 5.83. The summed E-state index contributed by atoms with van der Waals surface area (Å²) < 4.78 is 0. The van der Waals surface area contributed by atoms with Crippen molar-refractivity contribution in [1.82, 2.24) is 0 Å². The molecule has 2 rings (SSSR count). The van der Waals surface area contributed by atoms with Gasteiger partial charge in [0.1, 0.15) is 5.69 Å². The number of rotatable bonds is 4. The zero-order valence-corrected chi connectivity index (χ0v) is 12.3. The highest BCUT2D eigenvalue weighted by molar-refractivity contribution is 5.95. The Hall–Kier alpha value is -2.15. The summed E-state index contributed by atoms with van der Waals surface area (Å²) in [5.41, 5.74) is 1.10. The molecule has 7 nitrogen and oxygen atoms in total. The summed E-state index contributed by atoms with van der Waals surface area (Å²) in [6.45, 7) is 3.48. The van der Waals surface area contributed by atoms with E-state index in [4.69, 9.17) is 0 Å². The summed E-state index contributed by atoms with van der Waals surface area (Å²) >= 11 is 0. The minimum atomic E-state index is -0.628. The average molecular weight is 293 g/mol. The van der Waals surface area contributed by atoms with Crippen molar-refractivity contribution in [3.63, 3.8) is 0 Å². The molecule has 1 amide bonds. The van der Waals surface area contributed by atoms with Crippen molar-refractivity contribution in [3.05, 3.63) is 27.8 Å². The number of anilines is 2. The van der Waals surface area contributed by atoms with E-state index < -0.39 is 10.5 Å². The highest BCUT2D eigenvalue weighted by Gasteiger charge is 2.30. The third-order valence-electron chi connectivity index (χ3n) is 3.95. The Morgan fingerprint density at radius 3 is 2.67 bits per heavy atom. The van der Waals surface area contributed by atoms with Crippen LogP contribution < -0.4 is 10.2 Å². The fourth-order valence-electron chi connectivity index (χ4n) is 2.25. The Kier molecular flexibility index (Phi) is 3.87. The average Bonchev–Trinajstić information content (AvgIpc) is 2.44. The molecule has 2 N–H and O–H groups in total. The van der Waals surface area contributed by atoms with Crippen molar-refractivity contribution >= 4 is 23.0 Å². The lowest BCUT2D eigenvalue weighted by atomic mass is 9.98. The molecule has 7 heteroatoms. The summed E-state index contributed by atoms with van der Waals surface area (Å²) in [7, 11) is 1.71. The Bertz CT molecular complexity index is 598. The first-order chi connectivity index (χ1) is 9.76. The number of aliphatic hydroxyl groups excluding tert-OH is 1. The number of aryl methyl sites for hydroxylation is 1. The van der Waals surface area contributed by atoms with Gasteiger partial charge in [-0.05, 0) is 31.9 Å². The van der Waals surface area contributed by atoms with Crippen molar-refractivity contribution < 1.29 is 14.8 Å². The quantitative estimate of drug-likeness (QED) is 0.650. The molecule has 0 fully saturated rings. The van der Waals surface area contributed by atoms with Gasteiger partial charge in [0.15, 0.2) is 0 Å². The fraction of sp³-hybridized carbons (Fsp3) is 0.500. The van der Waals surface area contributed by atoms with Crippen LogP contribution in [0.4, 0.5) is 17.1 Å². The Morgan fingerprint density at radius 2 is 2.10 bits per heavy atom. The highest BCUT2D eigenvalue weighted by Crippen LogP contribution is 2.38. The van der Waals surface area contributed by atoms with E-state index in [0.29, 0.717) is 24.2 Å². The maximum Gasteiger partial charge on any atom is 0.294 e. The lowest BCUT2D eigenvalue weighted by Crippen LogP contribution is -2.44. The first kappa shape index (κ1) is 15.2. The molecular weight excluding hydrogens is 274 g/mol. The molecule has 1 heterocycles. The number of aliphatic hydroxyl groups is 1. The van der Waals surface area contributed by atoms with Crippen LogP contribution in [0, 0.1) is 10.1 Å². The molecular formula is C14H19N3O4. The normalized spacial score (nSPS) is 14.4. The van der Waals surface area contributed by atoms with Crippen LogP contribution in [-0.4, -0.2) is 35.1 Å². The van der Waals surface area contributed by atoms with Crippen LogP contribution in [0.1, 0.15) is 25.8 Å². The van der Waals surface area contributed by atoms with Gasteiger partial charge in [-0.1, -0.05) is 0 Å². The molecule has 1 aromatic rings. The van der Waals surface area contributed by atoms with Crippen LogP contribution in [0.3, 0.4) is 0 Å². The van der Waals surface area contributed by atoms with Crippen LogP contribution >= 0.6 is 0 Å². The van der Waals surface area contributed by atoms with E-state index in [1.807, 2.05) is 0 Å². The number of nitro groups is 1. The maximum atomic E-state index is 11.4. The minimum absolute atomic E-state index is 0.0834. The van der Waals surface area contributed by atoms with Gasteiger partial charge >= 0.3 is 0 Å². The fourth-order valence-corrected chi connectivity index (χ4v) is 2.25. The van der Waals surface area contributed by atoms with Gasteiger partial charge in [-0.15, -0.1) is 0 Å². The number of carbonyl (C=O) groups is 1. The summed E-state index contributed by atoms with van der Waals surface area (Å²) in [5, 5.41) is 23.4. The molecule has 0 spiro atoms. The number of benzene rings is 1. The highest BCUT2D eigenvalue weighted by atomic mass is 16.6. The lowest BCUT2D eigenvalue weighted by Gasteiger charge is -2.36. The van der Waals surface area contributed by atoms with Crippen molar-refractivity contribution in [2.45, 2.75) is 32.2 Å². The molecule has 0 aromatic heterocycles. The predicted molar refractivity (Wildman–Crippen MR) is 79.6 cm³/mol. The van der Waals surface area contributed by atoms with Crippen LogP contribution in [-0.2, 0) is 11.2 Å². The molecule has 21 heavy (non-hydrogen) atoms. The topological polar surface area (TPSA) is 95.7 Å². The molecule has 1 aliphatic heterocycles. The van der Waals surface area contributed by atoms with Crippen molar-refractivity contribution in [1.29, 1.82) is 0 Å². The summed E-state index contributed by atoms with van der Waals surface area (Å²) in [4.78, 5) is 23.9. The first-order valence-electron chi connectivity index (χ1n) is 6.72. The van der Waals surface area contributed by atoms with Gasteiger partial charge in [0.2, 0.25) is 5.91 Å². The maximum absolute atomic E-state index is 11.4. The molecule has 0 radical (unpaired) electrons. The van der Waals surface area contributed by atoms with Gasteiger partial charge in [0.05, 0.1) is 22.8 Å². The molecule has 0 unspecified atom stereocenters. The zero-order valence-electron chi connectivity index (χ0n) is 12.3. The molecule has 0 aliphatic carbocycles. The van der Waals surface area contributed by atoms with E-state index >= 15 is 0 Å². The molecule has 0 saturated carbocycles. The SMILES string of the molecule is CN(c1cc2c(cc1[N+](=O)[O-])NC(=O)CC2)C(C)(C)CO. The first-order valence-corrected chi connectivity index (χ1v) is 6.72. The zero-order chi connectivity index (χ0) is 15.8. The Balaban J connectivity index is 2.55. The molecule has 0 saturated heterocycles. The Labute approximate surface area is 122 Å². The number of hydrogen-bond acceptors (Lipinski definition) is 5. The predicted octanol–water partition coefficient (Wildman–Crippen LogP) is 1.69. The lowest BCUT2D eigenvalue weighted by molar-refractivity contribution is -0.384. The number of hydrogen-bond donors (Lipinski definition) is 2. The van der Waals surface area contributed by atoms with Crippen molar-refractivity contribution in [3.8, 4) is 0 Å².